The molecule has 2 aliphatic rings. The Morgan fingerprint density at radius 1 is 1.17 bits per heavy atom. The molecule has 2 aromatic heterocycles. The normalized spacial score (nSPS) is 21.6. The lowest BCUT2D eigenvalue weighted by Crippen LogP contribution is -2.26. The molecule has 2 heterocycles. The van der Waals surface area contributed by atoms with Gasteiger partial charge in [0.15, 0.2) is 0 Å². The van der Waals surface area contributed by atoms with Crippen LogP contribution in [0.1, 0.15) is 49.2 Å². The summed E-state index contributed by atoms with van der Waals surface area (Å²) >= 11 is 0. The smallest absolute Gasteiger partial charge is 0.137 e. The lowest BCUT2D eigenvalue weighted by atomic mass is 9.73. The Kier molecular flexibility index (Phi) is 2.12. The highest BCUT2D eigenvalue weighted by atomic mass is 15.0. The molecule has 2 nitrogen and oxygen atoms in total. The summed E-state index contributed by atoms with van der Waals surface area (Å²) in [4.78, 5) is 4.83. The van der Waals surface area contributed by atoms with Crippen LogP contribution in [0, 0.1) is 12.3 Å². The lowest BCUT2D eigenvalue weighted by molar-refractivity contribution is 0.250. The van der Waals surface area contributed by atoms with Crippen LogP contribution in [-0.2, 0) is 12.8 Å². The van der Waals surface area contributed by atoms with Crippen molar-refractivity contribution >= 4 is 5.65 Å². The molecule has 2 heteroatoms. The highest BCUT2D eigenvalue weighted by Crippen LogP contribution is 2.47. The van der Waals surface area contributed by atoms with E-state index in [1.807, 2.05) is 0 Å². The average Bonchev–Trinajstić information content (AvgIpc) is 2.95. The monoisotopic (exact) mass is 240 g/mol. The second-order valence-corrected chi connectivity index (χ2v) is 6.25. The minimum Gasteiger partial charge on any atom is -0.301 e. The first-order chi connectivity index (χ1) is 8.77. The average molecular weight is 240 g/mol. The standard InChI is InChI=1S/C16H20N2/c1-12-5-4-6-15-17-13-7-10-16(8-2-3-9-16)11-14(13)18(12)15/h4-6H,2-3,7-11H2,1H3. The third-order valence-corrected chi connectivity index (χ3v) is 5.12. The number of hydrogen-bond acceptors (Lipinski definition) is 1. The van der Waals surface area contributed by atoms with Gasteiger partial charge in [-0.15, -0.1) is 0 Å². The molecule has 2 aliphatic carbocycles. The number of fused-ring (bicyclic) bond motifs is 3. The summed E-state index contributed by atoms with van der Waals surface area (Å²) in [5.41, 5.74) is 5.97. The molecule has 4 rings (SSSR count). The quantitative estimate of drug-likeness (QED) is 0.686. The zero-order valence-electron chi connectivity index (χ0n) is 11.1. The molecule has 0 atom stereocenters. The molecule has 0 N–H and O–H groups in total. The van der Waals surface area contributed by atoms with Crippen molar-refractivity contribution in [1.29, 1.82) is 0 Å². The van der Waals surface area contributed by atoms with Crippen molar-refractivity contribution in [3.8, 4) is 0 Å². The Hall–Kier alpha value is -1.31. The molecule has 0 aromatic carbocycles. The molecule has 0 bridgehead atoms. The van der Waals surface area contributed by atoms with Crippen LogP contribution in [0.15, 0.2) is 18.2 Å². The molecule has 0 aliphatic heterocycles. The largest absolute Gasteiger partial charge is 0.301 e. The van der Waals surface area contributed by atoms with E-state index in [2.05, 4.69) is 29.5 Å². The van der Waals surface area contributed by atoms with E-state index in [0.29, 0.717) is 5.41 Å². The van der Waals surface area contributed by atoms with Gasteiger partial charge in [-0.3, -0.25) is 0 Å². The van der Waals surface area contributed by atoms with Crippen molar-refractivity contribution < 1.29 is 0 Å². The van der Waals surface area contributed by atoms with E-state index < -0.39 is 0 Å². The maximum atomic E-state index is 4.83. The molecule has 18 heavy (non-hydrogen) atoms. The highest BCUT2D eigenvalue weighted by Gasteiger charge is 2.38. The predicted molar refractivity (Wildman–Crippen MR) is 72.9 cm³/mol. The highest BCUT2D eigenvalue weighted by molar-refractivity contribution is 5.46. The third kappa shape index (κ3) is 1.38. The fraction of sp³-hybridized carbons (Fsp3) is 0.562. The van der Waals surface area contributed by atoms with Crippen molar-refractivity contribution in [2.45, 2.75) is 51.9 Å². The van der Waals surface area contributed by atoms with Gasteiger partial charge in [-0.1, -0.05) is 18.9 Å². The number of rotatable bonds is 0. The van der Waals surface area contributed by atoms with Gasteiger partial charge in [-0.25, -0.2) is 4.98 Å². The van der Waals surface area contributed by atoms with Gasteiger partial charge in [0.25, 0.3) is 0 Å². The molecular formula is C16H20N2. The Labute approximate surface area is 108 Å². The second kappa shape index (κ2) is 3.59. The van der Waals surface area contributed by atoms with E-state index >= 15 is 0 Å². The molecule has 1 saturated carbocycles. The van der Waals surface area contributed by atoms with Gasteiger partial charge in [-0.05, 0) is 56.6 Å². The van der Waals surface area contributed by atoms with Crippen LogP contribution in [0.3, 0.4) is 0 Å². The molecular weight excluding hydrogens is 220 g/mol. The van der Waals surface area contributed by atoms with E-state index in [4.69, 9.17) is 4.98 Å². The van der Waals surface area contributed by atoms with Crippen molar-refractivity contribution in [3.63, 3.8) is 0 Å². The molecule has 0 saturated heterocycles. The molecule has 2 aromatic rings. The van der Waals surface area contributed by atoms with E-state index in [1.54, 1.807) is 0 Å². The van der Waals surface area contributed by atoms with E-state index in [9.17, 15) is 0 Å². The van der Waals surface area contributed by atoms with Crippen LogP contribution in [0.25, 0.3) is 5.65 Å². The van der Waals surface area contributed by atoms with Crippen LogP contribution in [0.4, 0.5) is 0 Å². The van der Waals surface area contributed by atoms with Gasteiger partial charge < -0.3 is 4.40 Å². The number of hydrogen-bond donors (Lipinski definition) is 0. The first-order valence-corrected chi connectivity index (χ1v) is 7.23. The Morgan fingerprint density at radius 3 is 2.83 bits per heavy atom. The van der Waals surface area contributed by atoms with Crippen LogP contribution < -0.4 is 0 Å². The van der Waals surface area contributed by atoms with Crippen molar-refractivity contribution in [1.82, 2.24) is 9.38 Å². The Balaban J connectivity index is 1.89. The van der Waals surface area contributed by atoms with Gasteiger partial charge in [0, 0.05) is 11.4 Å². The molecule has 94 valence electrons. The summed E-state index contributed by atoms with van der Waals surface area (Å²) < 4.78 is 2.40. The zero-order chi connectivity index (χ0) is 12.2. The van der Waals surface area contributed by atoms with E-state index in [1.165, 1.54) is 62.0 Å². The molecule has 0 unspecified atom stereocenters. The topological polar surface area (TPSA) is 17.3 Å². The number of aromatic nitrogens is 2. The molecule has 0 amide bonds. The van der Waals surface area contributed by atoms with Crippen LogP contribution in [0.2, 0.25) is 0 Å². The number of pyridine rings is 1. The van der Waals surface area contributed by atoms with Crippen LogP contribution >= 0.6 is 0 Å². The fourth-order valence-corrected chi connectivity index (χ4v) is 4.13. The first kappa shape index (κ1) is 10.6. The maximum Gasteiger partial charge on any atom is 0.137 e. The summed E-state index contributed by atoms with van der Waals surface area (Å²) in [6.45, 7) is 2.20. The fourth-order valence-electron chi connectivity index (χ4n) is 4.13. The molecule has 1 fully saturated rings. The van der Waals surface area contributed by atoms with Gasteiger partial charge in [-0.2, -0.15) is 0 Å². The number of nitrogens with zero attached hydrogens (tertiary/aromatic N) is 2. The minimum atomic E-state index is 0.616. The van der Waals surface area contributed by atoms with Crippen molar-refractivity contribution in [3.05, 3.63) is 35.3 Å². The molecule has 0 radical (unpaired) electrons. The number of imidazole rings is 1. The summed E-state index contributed by atoms with van der Waals surface area (Å²) in [5, 5.41) is 0. The lowest BCUT2D eigenvalue weighted by Gasteiger charge is -2.33. The van der Waals surface area contributed by atoms with E-state index in [-0.39, 0.29) is 0 Å². The SMILES string of the molecule is Cc1cccc2nc3c(n12)CC1(CCCC1)CC3. The van der Waals surface area contributed by atoms with Crippen molar-refractivity contribution in [2.24, 2.45) is 5.41 Å². The summed E-state index contributed by atoms with van der Waals surface area (Å²) in [7, 11) is 0. The Morgan fingerprint density at radius 2 is 2.00 bits per heavy atom. The third-order valence-electron chi connectivity index (χ3n) is 5.12. The van der Waals surface area contributed by atoms with Crippen LogP contribution in [0.5, 0.6) is 0 Å². The summed E-state index contributed by atoms with van der Waals surface area (Å²) in [6, 6.07) is 6.46. The van der Waals surface area contributed by atoms with Gasteiger partial charge in [0.05, 0.1) is 5.69 Å². The van der Waals surface area contributed by atoms with Crippen LogP contribution in [-0.4, -0.2) is 9.38 Å². The zero-order valence-corrected chi connectivity index (χ0v) is 11.1. The Bertz CT molecular complexity index is 603. The first-order valence-electron chi connectivity index (χ1n) is 7.23. The molecule has 1 spiro atoms. The van der Waals surface area contributed by atoms with E-state index in [0.717, 1.165) is 5.65 Å². The van der Waals surface area contributed by atoms with Gasteiger partial charge in [0.2, 0.25) is 0 Å². The second-order valence-electron chi connectivity index (χ2n) is 6.25. The van der Waals surface area contributed by atoms with Gasteiger partial charge >= 0.3 is 0 Å². The summed E-state index contributed by atoms with van der Waals surface area (Å²) in [5.74, 6) is 0. The number of aryl methyl sites for hydroxylation is 2. The van der Waals surface area contributed by atoms with Crippen molar-refractivity contribution in [2.75, 3.05) is 0 Å². The predicted octanol–water partition coefficient (Wildman–Crippen LogP) is 3.69. The summed E-state index contributed by atoms with van der Waals surface area (Å²) in [6.07, 6.45) is 9.56. The maximum absolute atomic E-state index is 4.83. The minimum absolute atomic E-state index is 0.616. The van der Waals surface area contributed by atoms with Gasteiger partial charge in [0.1, 0.15) is 5.65 Å².